The van der Waals surface area contributed by atoms with Crippen LogP contribution in [0.15, 0.2) is 10.5 Å². The Morgan fingerprint density at radius 1 is 1.44 bits per heavy atom. The number of aryl methyl sites for hydroxylation is 1. The monoisotopic (exact) mass is 284 g/mol. The summed E-state index contributed by atoms with van der Waals surface area (Å²) in [5.41, 5.74) is 3.21. The van der Waals surface area contributed by atoms with E-state index in [-0.39, 0.29) is 6.10 Å². The molecule has 1 aliphatic rings. The minimum absolute atomic E-state index is 0.0765. The van der Waals surface area contributed by atoms with Gasteiger partial charge in [0, 0.05) is 10.0 Å². The molecule has 2 nitrogen and oxygen atoms in total. The van der Waals surface area contributed by atoms with Gasteiger partial charge in [-0.25, -0.2) is 0 Å². The minimum atomic E-state index is -0.480. The fraction of sp³-hybridized carbons (Fsp3) is 0.538. The topological polar surface area (TPSA) is 29.5 Å². The quantitative estimate of drug-likeness (QED) is 0.898. The highest BCUT2D eigenvalue weighted by Gasteiger charge is 2.34. The summed E-state index contributed by atoms with van der Waals surface area (Å²) in [7, 11) is 0. The molecule has 88 valence electrons. The van der Waals surface area contributed by atoms with Crippen LogP contribution in [0.1, 0.15) is 42.6 Å². The molecule has 1 N–H and O–H groups in total. The van der Waals surface area contributed by atoms with Crippen LogP contribution < -0.4 is 4.74 Å². The molecule has 2 rings (SSSR count). The molecule has 0 aromatic heterocycles. The second-order valence-corrected chi connectivity index (χ2v) is 5.23. The van der Waals surface area contributed by atoms with Crippen LogP contribution in [0.4, 0.5) is 0 Å². The molecule has 0 fully saturated rings. The van der Waals surface area contributed by atoms with Gasteiger partial charge in [-0.1, -0.05) is 29.3 Å². The Balaban J connectivity index is 2.44. The van der Waals surface area contributed by atoms with E-state index in [1.165, 1.54) is 0 Å². The van der Waals surface area contributed by atoms with Gasteiger partial charge in [0.25, 0.3) is 0 Å². The number of ether oxygens (including phenoxy) is 1. The number of halogens is 1. The van der Waals surface area contributed by atoms with Gasteiger partial charge >= 0.3 is 0 Å². The molecule has 1 aromatic rings. The van der Waals surface area contributed by atoms with Crippen molar-refractivity contribution in [3.63, 3.8) is 0 Å². The van der Waals surface area contributed by atoms with Crippen molar-refractivity contribution < 1.29 is 9.84 Å². The molecule has 3 heteroatoms. The van der Waals surface area contributed by atoms with Crippen LogP contribution in [-0.2, 0) is 0 Å². The highest BCUT2D eigenvalue weighted by molar-refractivity contribution is 9.10. The van der Waals surface area contributed by atoms with Crippen molar-refractivity contribution in [1.82, 2.24) is 0 Å². The second-order valence-electron chi connectivity index (χ2n) is 4.43. The number of rotatable bonds is 2. The van der Waals surface area contributed by atoms with E-state index in [0.717, 1.165) is 39.8 Å². The zero-order valence-corrected chi connectivity index (χ0v) is 11.5. The molecule has 0 aliphatic carbocycles. The average Bonchev–Trinajstić information content (AvgIpc) is 2.53. The molecule has 2 atom stereocenters. The molecule has 1 aliphatic heterocycles. The second kappa shape index (κ2) is 4.38. The predicted molar refractivity (Wildman–Crippen MR) is 67.9 cm³/mol. The van der Waals surface area contributed by atoms with Crippen LogP contribution in [0.2, 0.25) is 0 Å². The van der Waals surface area contributed by atoms with Crippen molar-refractivity contribution in [2.45, 2.75) is 45.8 Å². The molecular weight excluding hydrogens is 268 g/mol. The van der Waals surface area contributed by atoms with Crippen LogP contribution in [0, 0.1) is 13.8 Å². The third-order valence-corrected chi connectivity index (χ3v) is 4.41. The number of aliphatic hydroxyl groups is 1. The maximum Gasteiger partial charge on any atom is 0.129 e. The lowest BCUT2D eigenvalue weighted by Crippen LogP contribution is -2.18. The van der Waals surface area contributed by atoms with E-state index in [1.807, 2.05) is 19.9 Å². The van der Waals surface area contributed by atoms with Gasteiger partial charge in [-0.05, 0) is 37.5 Å². The first-order valence-corrected chi connectivity index (χ1v) is 6.49. The van der Waals surface area contributed by atoms with Gasteiger partial charge < -0.3 is 9.84 Å². The normalized spacial score (nSPS) is 23.1. The molecule has 1 heterocycles. The van der Waals surface area contributed by atoms with Gasteiger partial charge in [-0.2, -0.15) is 0 Å². The summed E-state index contributed by atoms with van der Waals surface area (Å²) in [4.78, 5) is 0. The van der Waals surface area contributed by atoms with Gasteiger partial charge in [-0.3, -0.25) is 0 Å². The van der Waals surface area contributed by atoms with Gasteiger partial charge in [0.2, 0.25) is 0 Å². The molecular formula is C13H17BrO2. The van der Waals surface area contributed by atoms with Crippen molar-refractivity contribution in [3.8, 4) is 5.75 Å². The number of hydrogen-bond acceptors (Lipinski definition) is 2. The zero-order valence-electron chi connectivity index (χ0n) is 9.88. The maximum atomic E-state index is 10.2. The molecule has 1 aromatic carbocycles. The zero-order chi connectivity index (χ0) is 11.9. The molecule has 0 radical (unpaired) electrons. The summed E-state index contributed by atoms with van der Waals surface area (Å²) < 4.78 is 6.88. The summed E-state index contributed by atoms with van der Waals surface area (Å²) in [5.74, 6) is 0.851. The van der Waals surface area contributed by atoms with Gasteiger partial charge in [0.1, 0.15) is 18.0 Å². The molecule has 0 saturated carbocycles. The Kier molecular flexibility index (Phi) is 3.27. The third kappa shape index (κ3) is 1.76. The summed E-state index contributed by atoms with van der Waals surface area (Å²) in [6.07, 6.45) is 1.36. The standard InChI is InChI=1S/C13H17BrO2/c1-4-5-9-13(15)11-8(3)12(14)7(2)6-10(11)16-9/h6,9,13,15H,4-5H2,1-3H3. The summed E-state index contributed by atoms with van der Waals surface area (Å²) in [5, 5.41) is 10.2. The first-order chi connectivity index (χ1) is 7.56. The molecule has 2 unspecified atom stereocenters. The first-order valence-electron chi connectivity index (χ1n) is 5.70. The summed E-state index contributed by atoms with van der Waals surface area (Å²) in [6.45, 7) is 6.17. The Morgan fingerprint density at radius 2 is 2.12 bits per heavy atom. The molecule has 0 bridgehead atoms. The highest BCUT2D eigenvalue weighted by atomic mass is 79.9. The van der Waals surface area contributed by atoms with Gasteiger partial charge in [0.15, 0.2) is 0 Å². The van der Waals surface area contributed by atoms with E-state index in [4.69, 9.17) is 4.74 Å². The molecule has 0 amide bonds. The maximum absolute atomic E-state index is 10.2. The first kappa shape index (κ1) is 11.9. The Bertz CT molecular complexity index is 415. The van der Waals surface area contributed by atoms with Crippen molar-refractivity contribution in [2.75, 3.05) is 0 Å². The van der Waals surface area contributed by atoms with Crippen LogP contribution in [0.5, 0.6) is 5.75 Å². The highest BCUT2D eigenvalue weighted by Crippen LogP contribution is 2.43. The predicted octanol–water partition coefficient (Wildman–Crippen LogP) is 3.66. The minimum Gasteiger partial charge on any atom is -0.487 e. The number of fused-ring (bicyclic) bond motifs is 1. The summed E-state index contributed by atoms with van der Waals surface area (Å²) >= 11 is 3.55. The molecule has 0 saturated heterocycles. The summed E-state index contributed by atoms with van der Waals surface area (Å²) in [6, 6.07) is 2.01. The van der Waals surface area contributed by atoms with E-state index in [0.29, 0.717) is 0 Å². The number of aliphatic hydroxyl groups excluding tert-OH is 1. The van der Waals surface area contributed by atoms with Crippen LogP contribution in [0.25, 0.3) is 0 Å². The van der Waals surface area contributed by atoms with Crippen molar-refractivity contribution >= 4 is 15.9 Å². The van der Waals surface area contributed by atoms with Gasteiger partial charge in [-0.15, -0.1) is 0 Å². The van der Waals surface area contributed by atoms with E-state index < -0.39 is 6.10 Å². The van der Waals surface area contributed by atoms with E-state index in [9.17, 15) is 5.11 Å². The number of benzene rings is 1. The van der Waals surface area contributed by atoms with Gasteiger partial charge in [0.05, 0.1) is 0 Å². The fourth-order valence-corrected chi connectivity index (χ4v) is 2.64. The molecule has 0 spiro atoms. The lowest BCUT2D eigenvalue weighted by atomic mass is 9.98. The SMILES string of the molecule is CCCC1Oc2cc(C)c(Br)c(C)c2C1O. The van der Waals surface area contributed by atoms with Crippen LogP contribution in [-0.4, -0.2) is 11.2 Å². The van der Waals surface area contributed by atoms with Crippen molar-refractivity contribution in [1.29, 1.82) is 0 Å². The fourth-order valence-electron chi connectivity index (χ4n) is 2.32. The van der Waals surface area contributed by atoms with Crippen molar-refractivity contribution in [2.24, 2.45) is 0 Å². The van der Waals surface area contributed by atoms with Crippen LogP contribution in [0.3, 0.4) is 0 Å². The smallest absolute Gasteiger partial charge is 0.129 e. The third-order valence-electron chi connectivity index (χ3n) is 3.19. The average molecular weight is 285 g/mol. The number of hydrogen-bond donors (Lipinski definition) is 1. The Hall–Kier alpha value is -0.540. The van der Waals surface area contributed by atoms with E-state index in [2.05, 4.69) is 22.9 Å². The van der Waals surface area contributed by atoms with E-state index in [1.54, 1.807) is 0 Å². The Morgan fingerprint density at radius 3 is 2.75 bits per heavy atom. The largest absolute Gasteiger partial charge is 0.487 e. The lowest BCUT2D eigenvalue weighted by Gasteiger charge is -2.13. The lowest BCUT2D eigenvalue weighted by molar-refractivity contribution is 0.0614. The van der Waals surface area contributed by atoms with E-state index >= 15 is 0 Å². The molecule has 16 heavy (non-hydrogen) atoms. The Labute approximate surface area is 105 Å². The van der Waals surface area contributed by atoms with Crippen molar-refractivity contribution in [3.05, 3.63) is 27.2 Å². The van der Waals surface area contributed by atoms with Crippen LogP contribution >= 0.6 is 15.9 Å².